The molecule has 0 fully saturated rings. The second-order valence-corrected chi connectivity index (χ2v) is 5.06. The highest BCUT2D eigenvalue weighted by Gasteiger charge is 2.18. The summed E-state index contributed by atoms with van der Waals surface area (Å²) >= 11 is 0. The molecule has 2 N–H and O–H groups in total. The van der Waals surface area contributed by atoms with Gasteiger partial charge in [0.25, 0.3) is 0 Å². The molecule has 0 amide bonds. The number of ether oxygens (including phenoxy) is 3. The summed E-state index contributed by atoms with van der Waals surface area (Å²) < 4.78 is 15.5. The molecule has 21 heavy (non-hydrogen) atoms. The molecule has 0 spiro atoms. The van der Waals surface area contributed by atoms with E-state index in [1.54, 1.807) is 21.1 Å². The Morgan fingerprint density at radius 3 is 2.57 bits per heavy atom. The SMILES string of the molecule is CCOC(=O)CC(C)CC(N)c1cc(OC)ccc1OC. The molecule has 0 radical (unpaired) electrons. The maximum absolute atomic E-state index is 11.5. The molecule has 1 rings (SSSR count). The average Bonchev–Trinajstić information content (AvgIpc) is 2.46. The molecule has 5 nitrogen and oxygen atoms in total. The lowest BCUT2D eigenvalue weighted by atomic mass is 9.93. The second kappa shape index (κ2) is 8.52. The predicted octanol–water partition coefficient (Wildman–Crippen LogP) is 2.68. The number of carbonyl (C=O) groups is 1. The number of rotatable bonds is 8. The smallest absolute Gasteiger partial charge is 0.306 e. The van der Waals surface area contributed by atoms with Crippen molar-refractivity contribution in [3.05, 3.63) is 23.8 Å². The van der Waals surface area contributed by atoms with Crippen molar-refractivity contribution in [3.8, 4) is 11.5 Å². The molecular formula is C16H25NO4. The van der Waals surface area contributed by atoms with Crippen molar-refractivity contribution in [1.29, 1.82) is 0 Å². The van der Waals surface area contributed by atoms with Crippen LogP contribution in [0, 0.1) is 5.92 Å². The maximum atomic E-state index is 11.5. The summed E-state index contributed by atoms with van der Waals surface area (Å²) in [5.74, 6) is 1.41. The third-order valence-electron chi connectivity index (χ3n) is 3.31. The van der Waals surface area contributed by atoms with Crippen LogP contribution in [0.15, 0.2) is 18.2 Å². The second-order valence-electron chi connectivity index (χ2n) is 5.06. The molecule has 0 bridgehead atoms. The number of nitrogens with two attached hydrogens (primary N) is 1. The van der Waals surface area contributed by atoms with E-state index >= 15 is 0 Å². The Morgan fingerprint density at radius 1 is 1.29 bits per heavy atom. The van der Waals surface area contributed by atoms with Crippen LogP contribution in [0.5, 0.6) is 11.5 Å². The van der Waals surface area contributed by atoms with Gasteiger partial charge in [0, 0.05) is 18.0 Å². The van der Waals surface area contributed by atoms with E-state index in [9.17, 15) is 4.79 Å². The van der Waals surface area contributed by atoms with Crippen molar-refractivity contribution in [2.24, 2.45) is 11.7 Å². The molecule has 0 heterocycles. The van der Waals surface area contributed by atoms with E-state index < -0.39 is 0 Å². The normalized spacial score (nSPS) is 13.4. The summed E-state index contributed by atoms with van der Waals surface area (Å²) in [5.41, 5.74) is 7.14. The first-order valence-electron chi connectivity index (χ1n) is 7.14. The molecule has 2 atom stereocenters. The highest BCUT2D eigenvalue weighted by molar-refractivity contribution is 5.69. The van der Waals surface area contributed by atoms with E-state index in [-0.39, 0.29) is 17.9 Å². The highest BCUT2D eigenvalue weighted by atomic mass is 16.5. The zero-order chi connectivity index (χ0) is 15.8. The zero-order valence-electron chi connectivity index (χ0n) is 13.2. The number of hydrogen-bond donors (Lipinski definition) is 1. The lowest BCUT2D eigenvalue weighted by Crippen LogP contribution is -2.18. The van der Waals surface area contributed by atoms with E-state index in [1.807, 2.05) is 25.1 Å². The summed E-state index contributed by atoms with van der Waals surface area (Å²) in [4.78, 5) is 11.5. The van der Waals surface area contributed by atoms with Crippen LogP contribution in [0.25, 0.3) is 0 Å². The number of hydrogen-bond acceptors (Lipinski definition) is 5. The van der Waals surface area contributed by atoms with Crippen LogP contribution < -0.4 is 15.2 Å². The van der Waals surface area contributed by atoms with Gasteiger partial charge in [-0.1, -0.05) is 6.92 Å². The van der Waals surface area contributed by atoms with Crippen molar-refractivity contribution < 1.29 is 19.0 Å². The minimum atomic E-state index is -0.223. The van der Waals surface area contributed by atoms with Crippen LogP contribution in [0.3, 0.4) is 0 Å². The molecule has 0 aliphatic rings. The fraction of sp³-hybridized carbons (Fsp3) is 0.562. The van der Waals surface area contributed by atoms with E-state index in [0.717, 1.165) is 17.1 Å². The Kier molecular flexibility index (Phi) is 7.02. The fourth-order valence-corrected chi connectivity index (χ4v) is 2.28. The quantitative estimate of drug-likeness (QED) is 0.747. The van der Waals surface area contributed by atoms with Gasteiger partial charge in [-0.05, 0) is 37.5 Å². The van der Waals surface area contributed by atoms with Gasteiger partial charge < -0.3 is 19.9 Å². The van der Waals surface area contributed by atoms with Gasteiger partial charge in [-0.25, -0.2) is 0 Å². The van der Waals surface area contributed by atoms with Gasteiger partial charge in [-0.3, -0.25) is 4.79 Å². The van der Waals surface area contributed by atoms with Crippen molar-refractivity contribution in [2.45, 2.75) is 32.7 Å². The lowest BCUT2D eigenvalue weighted by molar-refractivity contribution is -0.144. The first-order valence-corrected chi connectivity index (χ1v) is 7.14. The summed E-state index contributed by atoms with van der Waals surface area (Å²) in [7, 11) is 3.22. The number of benzene rings is 1. The predicted molar refractivity (Wildman–Crippen MR) is 81.5 cm³/mol. The van der Waals surface area contributed by atoms with Crippen molar-refractivity contribution >= 4 is 5.97 Å². The van der Waals surface area contributed by atoms with E-state index in [4.69, 9.17) is 19.9 Å². The standard InChI is InChI=1S/C16H25NO4/c1-5-21-16(18)9-11(2)8-14(17)13-10-12(19-3)6-7-15(13)20-4/h6-7,10-11,14H,5,8-9,17H2,1-4H3. The molecule has 0 saturated heterocycles. The Hall–Kier alpha value is -1.75. The fourth-order valence-electron chi connectivity index (χ4n) is 2.28. The van der Waals surface area contributed by atoms with Crippen molar-refractivity contribution in [1.82, 2.24) is 0 Å². The molecule has 0 saturated carbocycles. The van der Waals surface area contributed by atoms with Gasteiger partial charge in [0.05, 0.1) is 20.8 Å². The summed E-state index contributed by atoms with van der Waals surface area (Å²) in [5, 5.41) is 0. The summed E-state index contributed by atoms with van der Waals surface area (Å²) in [6.45, 7) is 4.19. The van der Waals surface area contributed by atoms with Gasteiger partial charge in [-0.2, -0.15) is 0 Å². The third kappa shape index (κ3) is 5.27. The van der Waals surface area contributed by atoms with Crippen LogP contribution in [-0.4, -0.2) is 26.8 Å². The van der Waals surface area contributed by atoms with Gasteiger partial charge in [0.1, 0.15) is 11.5 Å². The topological polar surface area (TPSA) is 70.8 Å². The number of carbonyl (C=O) groups excluding carboxylic acids is 1. The number of esters is 1. The Morgan fingerprint density at radius 2 is 2.00 bits per heavy atom. The molecule has 2 unspecified atom stereocenters. The Labute approximate surface area is 126 Å². The monoisotopic (exact) mass is 295 g/mol. The summed E-state index contributed by atoms with van der Waals surface area (Å²) in [6.07, 6.45) is 1.04. The summed E-state index contributed by atoms with van der Waals surface area (Å²) in [6, 6.07) is 5.32. The van der Waals surface area contributed by atoms with Crippen LogP contribution in [0.1, 0.15) is 38.3 Å². The largest absolute Gasteiger partial charge is 0.497 e. The Bertz CT molecular complexity index is 462. The molecule has 0 aromatic heterocycles. The molecule has 1 aromatic carbocycles. The van der Waals surface area contributed by atoms with Crippen LogP contribution in [-0.2, 0) is 9.53 Å². The van der Waals surface area contributed by atoms with E-state index in [2.05, 4.69) is 0 Å². The number of methoxy groups -OCH3 is 2. The third-order valence-corrected chi connectivity index (χ3v) is 3.31. The molecule has 0 aliphatic heterocycles. The highest BCUT2D eigenvalue weighted by Crippen LogP contribution is 2.31. The van der Waals surface area contributed by atoms with Gasteiger partial charge >= 0.3 is 5.97 Å². The van der Waals surface area contributed by atoms with E-state index in [1.165, 1.54) is 0 Å². The first kappa shape index (κ1) is 17.3. The molecule has 0 aliphatic carbocycles. The van der Waals surface area contributed by atoms with Crippen LogP contribution in [0.4, 0.5) is 0 Å². The van der Waals surface area contributed by atoms with Gasteiger partial charge in [-0.15, -0.1) is 0 Å². The molecule has 5 heteroatoms. The van der Waals surface area contributed by atoms with Gasteiger partial charge in [0.2, 0.25) is 0 Å². The zero-order valence-corrected chi connectivity index (χ0v) is 13.2. The minimum absolute atomic E-state index is 0.134. The average molecular weight is 295 g/mol. The van der Waals surface area contributed by atoms with Gasteiger partial charge in [0.15, 0.2) is 0 Å². The van der Waals surface area contributed by atoms with Crippen molar-refractivity contribution in [2.75, 3.05) is 20.8 Å². The first-order chi connectivity index (χ1) is 10.0. The van der Waals surface area contributed by atoms with E-state index in [0.29, 0.717) is 19.4 Å². The van der Waals surface area contributed by atoms with Crippen molar-refractivity contribution in [3.63, 3.8) is 0 Å². The molecular weight excluding hydrogens is 270 g/mol. The molecule has 1 aromatic rings. The Balaban J connectivity index is 2.73. The molecule has 118 valence electrons. The van der Waals surface area contributed by atoms with Crippen LogP contribution >= 0.6 is 0 Å². The van der Waals surface area contributed by atoms with Crippen LogP contribution in [0.2, 0.25) is 0 Å². The minimum Gasteiger partial charge on any atom is -0.497 e. The lowest BCUT2D eigenvalue weighted by Gasteiger charge is -2.20. The maximum Gasteiger partial charge on any atom is 0.306 e.